The van der Waals surface area contributed by atoms with Gasteiger partial charge < -0.3 is 15.1 Å². The lowest BCUT2D eigenvalue weighted by molar-refractivity contribution is -0.143. The normalized spacial score (nSPS) is 18.5. The standard InChI is InChI=1S/C24H33Cl2N3O3/c1-16(2)14-21(27-22(30)19-9-8-18(25)15-20(19)26)24(32)29-12-10-28(11-13-29)23(31)17-6-4-3-5-7-17/h8-9,15-17,21H,3-7,10-14H2,1-2H3,(H,27,30). The highest BCUT2D eigenvalue weighted by Crippen LogP contribution is 2.26. The zero-order chi connectivity index (χ0) is 23.3. The number of halogens is 2. The first-order chi connectivity index (χ1) is 15.3. The molecule has 3 amide bonds. The van der Waals surface area contributed by atoms with E-state index in [1.54, 1.807) is 17.0 Å². The quantitative estimate of drug-likeness (QED) is 0.654. The van der Waals surface area contributed by atoms with Crippen molar-refractivity contribution in [3.63, 3.8) is 0 Å². The van der Waals surface area contributed by atoms with Gasteiger partial charge >= 0.3 is 0 Å². The number of piperazine rings is 1. The Hall–Kier alpha value is -1.79. The lowest BCUT2D eigenvalue weighted by Crippen LogP contribution is -2.56. The van der Waals surface area contributed by atoms with Gasteiger partial charge in [-0.05, 0) is 43.4 Å². The van der Waals surface area contributed by atoms with Crippen molar-refractivity contribution in [2.24, 2.45) is 11.8 Å². The van der Waals surface area contributed by atoms with Gasteiger partial charge in [-0.2, -0.15) is 0 Å². The summed E-state index contributed by atoms with van der Waals surface area (Å²) in [5.74, 6) is 0.0992. The molecular weight excluding hydrogens is 449 g/mol. The molecule has 32 heavy (non-hydrogen) atoms. The van der Waals surface area contributed by atoms with E-state index in [1.165, 1.54) is 12.5 Å². The van der Waals surface area contributed by atoms with Crippen molar-refractivity contribution in [2.45, 2.75) is 58.4 Å². The maximum absolute atomic E-state index is 13.3. The molecule has 2 aliphatic rings. The molecule has 0 spiro atoms. The van der Waals surface area contributed by atoms with E-state index in [4.69, 9.17) is 23.2 Å². The van der Waals surface area contributed by atoms with Crippen molar-refractivity contribution in [3.8, 4) is 0 Å². The highest BCUT2D eigenvalue weighted by molar-refractivity contribution is 6.36. The van der Waals surface area contributed by atoms with Crippen LogP contribution in [0.25, 0.3) is 0 Å². The Kier molecular flexibility index (Phi) is 8.83. The molecule has 0 aromatic heterocycles. The van der Waals surface area contributed by atoms with Crippen molar-refractivity contribution < 1.29 is 14.4 Å². The van der Waals surface area contributed by atoms with Crippen LogP contribution in [0.2, 0.25) is 10.0 Å². The van der Waals surface area contributed by atoms with Gasteiger partial charge in [0.1, 0.15) is 6.04 Å². The zero-order valence-corrected chi connectivity index (χ0v) is 20.4. The summed E-state index contributed by atoms with van der Waals surface area (Å²) in [5.41, 5.74) is 0.292. The van der Waals surface area contributed by atoms with Gasteiger partial charge in [-0.25, -0.2) is 0 Å². The smallest absolute Gasteiger partial charge is 0.253 e. The van der Waals surface area contributed by atoms with Crippen molar-refractivity contribution in [2.75, 3.05) is 26.2 Å². The van der Waals surface area contributed by atoms with Crippen LogP contribution in [-0.2, 0) is 9.59 Å². The summed E-state index contributed by atoms with van der Waals surface area (Å²) in [6, 6.07) is 4.03. The minimum Gasteiger partial charge on any atom is -0.340 e. The monoisotopic (exact) mass is 481 g/mol. The molecule has 1 N–H and O–H groups in total. The van der Waals surface area contributed by atoms with E-state index in [0.29, 0.717) is 43.2 Å². The number of carbonyl (C=O) groups excluding carboxylic acids is 3. The number of hydrogen-bond acceptors (Lipinski definition) is 3. The SMILES string of the molecule is CC(C)CC(NC(=O)c1ccc(Cl)cc1Cl)C(=O)N1CCN(C(=O)C2CCCCC2)CC1. The molecule has 176 valence electrons. The van der Waals surface area contributed by atoms with Crippen LogP contribution in [0.4, 0.5) is 0 Å². The summed E-state index contributed by atoms with van der Waals surface area (Å²) >= 11 is 12.1. The summed E-state index contributed by atoms with van der Waals surface area (Å²) < 4.78 is 0. The molecule has 0 radical (unpaired) electrons. The van der Waals surface area contributed by atoms with Gasteiger partial charge in [0, 0.05) is 37.1 Å². The van der Waals surface area contributed by atoms with Gasteiger partial charge in [-0.3, -0.25) is 14.4 Å². The second-order valence-corrected chi connectivity index (χ2v) is 10.1. The predicted octanol–water partition coefficient (Wildman–Crippen LogP) is 4.39. The molecule has 1 aliphatic heterocycles. The molecular formula is C24H33Cl2N3O3. The van der Waals surface area contributed by atoms with Crippen molar-refractivity contribution in [3.05, 3.63) is 33.8 Å². The highest BCUT2D eigenvalue weighted by Gasteiger charge is 2.33. The molecule has 8 heteroatoms. The molecule has 6 nitrogen and oxygen atoms in total. The van der Waals surface area contributed by atoms with Gasteiger partial charge in [0.2, 0.25) is 11.8 Å². The van der Waals surface area contributed by atoms with Crippen molar-refractivity contribution in [1.29, 1.82) is 0 Å². The number of nitrogens with zero attached hydrogens (tertiary/aromatic N) is 2. The fourth-order valence-corrected chi connectivity index (χ4v) is 5.07. The number of amides is 3. The van der Waals surface area contributed by atoms with E-state index >= 15 is 0 Å². The zero-order valence-electron chi connectivity index (χ0n) is 18.9. The number of benzene rings is 1. The summed E-state index contributed by atoms with van der Waals surface area (Å²) in [7, 11) is 0. The summed E-state index contributed by atoms with van der Waals surface area (Å²) in [5, 5.41) is 3.57. The third-order valence-electron chi connectivity index (χ3n) is 6.34. The first-order valence-corrected chi connectivity index (χ1v) is 12.4. The number of hydrogen-bond donors (Lipinski definition) is 1. The van der Waals surface area contributed by atoms with E-state index < -0.39 is 11.9 Å². The Morgan fingerprint density at radius 1 is 1.00 bits per heavy atom. The second kappa shape index (κ2) is 11.4. The van der Waals surface area contributed by atoms with Gasteiger partial charge in [0.25, 0.3) is 5.91 Å². The van der Waals surface area contributed by atoms with E-state index in [2.05, 4.69) is 5.32 Å². The first kappa shape index (κ1) is 24.8. The third-order valence-corrected chi connectivity index (χ3v) is 6.89. The van der Waals surface area contributed by atoms with Crippen LogP contribution in [-0.4, -0.2) is 59.7 Å². The lowest BCUT2D eigenvalue weighted by Gasteiger charge is -2.38. The van der Waals surface area contributed by atoms with E-state index in [9.17, 15) is 14.4 Å². The molecule has 2 fully saturated rings. The molecule has 1 saturated heterocycles. The van der Waals surface area contributed by atoms with Gasteiger partial charge in [-0.1, -0.05) is 56.3 Å². The van der Waals surface area contributed by atoms with Crippen LogP contribution in [0.3, 0.4) is 0 Å². The van der Waals surface area contributed by atoms with Crippen LogP contribution in [0.1, 0.15) is 62.7 Å². The third kappa shape index (κ3) is 6.38. The largest absolute Gasteiger partial charge is 0.340 e. The van der Waals surface area contributed by atoms with Gasteiger partial charge in [0.15, 0.2) is 0 Å². The fourth-order valence-electron chi connectivity index (χ4n) is 4.58. The van der Waals surface area contributed by atoms with Crippen LogP contribution >= 0.6 is 23.2 Å². The van der Waals surface area contributed by atoms with Crippen LogP contribution < -0.4 is 5.32 Å². The van der Waals surface area contributed by atoms with E-state index in [-0.39, 0.29) is 28.7 Å². The topological polar surface area (TPSA) is 69.7 Å². The maximum atomic E-state index is 13.3. The fraction of sp³-hybridized carbons (Fsp3) is 0.625. The van der Waals surface area contributed by atoms with Crippen molar-refractivity contribution in [1.82, 2.24) is 15.1 Å². The van der Waals surface area contributed by atoms with Gasteiger partial charge in [-0.15, -0.1) is 0 Å². The molecule has 3 rings (SSSR count). The minimum atomic E-state index is -0.644. The molecule has 0 bridgehead atoms. The molecule has 1 atom stereocenters. The Balaban J connectivity index is 1.61. The summed E-state index contributed by atoms with van der Waals surface area (Å²) in [6.45, 7) is 6.11. The summed E-state index contributed by atoms with van der Waals surface area (Å²) in [4.78, 5) is 42.6. The maximum Gasteiger partial charge on any atom is 0.253 e. The molecule has 1 heterocycles. The average molecular weight is 482 g/mol. The minimum absolute atomic E-state index is 0.109. The Labute approximate surface area is 200 Å². The van der Waals surface area contributed by atoms with E-state index in [0.717, 1.165) is 25.7 Å². The Morgan fingerprint density at radius 3 is 2.22 bits per heavy atom. The van der Waals surface area contributed by atoms with E-state index in [1.807, 2.05) is 18.7 Å². The van der Waals surface area contributed by atoms with Crippen LogP contribution in [0, 0.1) is 11.8 Å². The Morgan fingerprint density at radius 2 is 1.62 bits per heavy atom. The van der Waals surface area contributed by atoms with Gasteiger partial charge in [0.05, 0.1) is 10.6 Å². The number of carbonyl (C=O) groups is 3. The highest BCUT2D eigenvalue weighted by atomic mass is 35.5. The van der Waals surface area contributed by atoms with Crippen LogP contribution in [0.5, 0.6) is 0 Å². The summed E-state index contributed by atoms with van der Waals surface area (Å²) in [6.07, 6.45) is 5.96. The second-order valence-electron chi connectivity index (χ2n) is 9.27. The molecule has 1 saturated carbocycles. The van der Waals surface area contributed by atoms with Crippen molar-refractivity contribution >= 4 is 40.9 Å². The first-order valence-electron chi connectivity index (χ1n) is 11.6. The molecule has 1 aliphatic carbocycles. The average Bonchev–Trinajstić information content (AvgIpc) is 2.78. The lowest BCUT2D eigenvalue weighted by atomic mass is 9.88. The number of nitrogens with one attached hydrogen (secondary N) is 1. The van der Waals surface area contributed by atoms with Crippen LogP contribution in [0.15, 0.2) is 18.2 Å². The Bertz CT molecular complexity index is 832. The molecule has 1 aromatic carbocycles. The molecule has 1 unspecified atom stereocenters. The predicted molar refractivity (Wildman–Crippen MR) is 127 cm³/mol. The number of rotatable bonds is 6. The molecule has 1 aromatic rings.